The van der Waals surface area contributed by atoms with Crippen molar-refractivity contribution in [1.82, 2.24) is 5.32 Å². The molecule has 2 rings (SSSR count). The van der Waals surface area contributed by atoms with Crippen LogP contribution in [0.1, 0.15) is 6.42 Å². The highest BCUT2D eigenvalue weighted by Crippen LogP contribution is 2.34. The van der Waals surface area contributed by atoms with Crippen molar-refractivity contribution in [1.29, 1.82) is 0 Å². The Morgan fingerprint density at radius 3 is 2.41 bits per heavy atom. The van der Waals surface area contributed by atoms with Crippen molar-refractivity contribution >= 4 is 43.5 Å². The van der Waals surface area contributed by atoms with Gasteiger partial charge in [-0.2, -0.15) is 0 Å². The van der Waals surface area contributed by atoms with Crippen LogP contribution in [-0.2, 0) is 4.79 Å². The third-order valence-electron chi connectivity index (χ3n) is 2.77. The Hall–Kier alpha value is -0.590. The number of nitrogens with one attached hydrogen (secondary N) is 2. The zero-order chi connectivity index (χ0) is 12.5. The summed E-state index contributed by atoms with van der Waals surface area (Å²) in [5, 5.41) is 15.4. The van der Waals surface area contributed by atoms with Gasteiger partial charge in [0.1, 0.15) is 0 Å². The largest absolute Gasteiger partial charge is 0.481 e. The minimum absolute atomic E-state index is 0.105. The van der Waals surface area contributed by atoms with Gasteiger partial charge in [0.15, 0.2) is 0 Å². The number of benzene rings is 1. The molecule has 0 aliphatic carbocycles. The number of hydrogen-bond donors (Lipinski definition) is 3. The quantitative estimate of drug-likeness (QED) is 0.768. The second-order valence-corrected chi connectivity index (χ2v) is 5.88. The van der Waals surface area contributed by atoms with Gasteiger partial charge in [-0.1, -0.05) is 6.07 Å². The number of para-hydroxylation sites is 1. The highest BCUT2D eigenvalue weighted by Gasteiger charge is 2.39. The molecule has 0 aromatic heterocycles. The summed E-state index contributed by atoms with van der Waals surface area (Å²) < 4.78 is 1.84. The van der Waals surface area contributed by atoms with E-state index in [2.05, 4.69) is 42.5 Å². The lowest BCUT2D eigenvalue weighted by molar-refractivity contribution is -0.138. The number of halogens is 2. The number of anilines is 1. The first-order chi connectivity index (χ1) is 8.02. The van der Waals surface area contributed by atoms with Crippen molar-refractivity contribution in [3.05, 3.63) is 27.1 Å². The zero-order valence-corrected chi connectivity index (χ0v) is 12.1. The number of carbonyl (C=O) groups is 1. The second kappa shape index (κ2) is 4.96. The van der Waals surface area contributed by atoms with Crippen LogP contribution >= 0.6 is 31.9 Å². The van der Waals surface area contributed by atoms with E-state index >= 15 is 0 Å². The SMILES string of the molecule is O=C(O)CC1(Nc2c(Br)cccc2Br)CNC1. The van der Waals surface area contributed by atoms with E-state index in [1.54, 1.807) is 0 Å². The Morgan fingerprint density at radius 1 is 1.41 bits per heavy atom. The van der Waals surface area contributed by atoms with Gasteiger partial charge in [0.2, 0.25) is 0 Å². The molecule has 0 unspecified atom stereocenters. The Morgan fingerprint density at radius 2 is 2.00 bits per heavy atom. The van der Waals surface area contributed by atoms with Crippen molar-refractivity contribution < 1.29 is 9.90 Å². The molecular formula is C11H12Br2N2O2. The standard InChI is InChI=1S/C11H12Br2N2O2/c12-7-2-1-3-8(13)10(7)15-11(4-9(16)17)5-14-6-11/h1-3,14-15H,4-6H2,(H,16,17). The fourth-order valence-corrected chi connectivity index (χ4v) is 3.05. The summed E-state index contributed by atoms with van der Waals surface area (Å²) in [6, 6.07) is 5.77. The van der Waals surface area contributed by atoms with Gasteiger partial charge in [-0.25, -0.2) is 0 Å². The molecule has 1 fully saturated rings. The third-order valence-corrected chi connectivity index (χ3v) is 4.09. The molecule has 1 aliphatic heterocycles. The Labute approximate surface area is 116 Å². The molecule has 0 atom stereocenters. The lowest BCUT2D eigenvalue weighted by atomic mass is 9.88. The molecule has 1 heterocycles. The van der Waals surface area contributed by atoms with Crippen molar-refractivity contribution in [3.8, 4) is 0 Å². The average Bonchev–Trinajstić information content (AvgIpc) is 2.19. The number of rotatable bonds is 4. The molecule has 17 heavy (non-hydrogen) atoms. The minimum atomic E-state index is -0.790. The van der Waals surface area contributed by atoms with Gasteiger partial charge < -0.3 is 15.7 Å². The molecule has 1 aromatic carbocycles. The van der Waals surface area contributed by atoms with Gasteiger partial charge in [-0.3, -0.25) is 4.79 Å². The van der Waals surface area contributed by atoms with Crippen molar-refractivity contribution in [3.63, 3.8) is 0 Å². The molecule has 1 saturated heterocycles. The zero-order valence-electron chi connectivity index (χ0n) is 8.96. The molecule has 0 bridgehead atoms. The second-order valence-electron chi connectivity index (χ2n) is 4.18. The van der Waals surface area contributed by atoms with Gasteiger partial charge >= 0.3 is 5.97 Å². The van der Waals surface area contributed by atoms with E-state index in [1.165, 1.54) is 0 Å². The van der Waals surface area contributed by atoms with Crippen molar-refractivity contribution in [2.24, 2.45) is 0 Å². The highest BCUT2D eigenvalue weighted by molar-refractivity contribution is 9.11. The fourth-order valence-electron chi connectivity index (χ4n) is 1.86. The van der Waals surface area contributed by atoms with Crippen LogP contribution < -0.4 is 10.6 Å². The normalized spacial score (nSPS) is 17.3. The molecule has 0 spiro atoms. The molecule has 1 aromatic rings. The molecule has 0 amide bonds. The van der Waals surface area contributed by atoms with E-state index < -0.39 is 11.5 Å². The summed E-state index contributed by atoms with van der Waals surface area (Å²) in [7, 11) is 0. The van der Waals surface area contributed by atoms with Gasteiger partial charge in [-0.05, 0) is 44.0 Å². The summed E-state index contributed by atoms with van der Waals surface area (Å²) in [4.78, 5) is 10.9. The van der Waals surface area contributed by atoms with Crippen LogP contribution in [0.2, 0.25) is 0 Å². The summed E-state index contributed by atoms with van der Waals surface area (Å²) in [6.45, 7) is 1.32. The monoisotopic (exact) mass is 362 g/mol. The van der Waals surface area contributed by atoms with Crippen LogP contribution in [0.3, 0.4) is 0 Å². The molecule has 92 valence electrons. The maximum absolute atomic E-state index is 10.9. The van der Waals surface area contributed by atoms with E-state index in [0.29, 0.717) is 13.1 Å². The van der Waals surface area contributed by atoms with Crippen LogP contribution in [0.25, 0.3) is 0 Å². The van der Waals surface area contributed by atoms with Crippen molar-refractivity contribution in [2.75, 3.05) is 18.4 Å². The molecular weight excluding hydrogens is 352 g/mol. The lowest BCUT2D eigenvalue weighted by Crippen LogP contribution is -2.65. The summed E-state index contributed by atoms with van der Waals surface area (Å²) >= 11 is 6.92. The van der Waals surface area contributed by atoms with Gasteiger partial charge in [0.05, 0.1) is 17.6 Å². The Kier molecular flexibility index (Phi) is 3.75. The van der Waals surface area contributed by atoms with Gasteiger partial charge in [0, 0.05) is 22.0 Å². The summed E-state index contributed by atoms with van der Waals surface area (Å²) in [6.07, 6.45) is 0.105. The first kappa shape index (κ1) is 12.9. The number of aliphatic carboxylic acids is 1. The molecule has 4 nitrogen and oxygen atoms in total. The van der Waals surface area contributed by atoms with Crippen LogP contribution in [0, 0.1) is 0 Å². The number of carboxylic acids is 1. The molecule has 3 N–H and O–H groups in total. The number of hydrogen-bond acceptors (Lipinski definition) is 3. The van der Waals surface area contributed by atoms with Crippen LogP contribution in [-0.4, -0.2) is 29.7 Å². The fraction of sp³-hybridized carbons (Fsp3) is 0.364. The topological polar surface area (TPSA) is 61.4 Å². The smallest absolute Gasteiger partial charge is 0.305 e. The Bertz CT molecular complexity index is 427. The predicted molar refractivity (Wildman–Crippen MR) is 73.3 cm³/mol. The van der Waals surface area contributed by atoms with Crippen LogP contribution in [0.5, 0.6) is 0 Å². The highest BCUT2D eigenvalue weighted by atomic mass is 79.9. The first-order valence-corrected chi connectivity index (χ1v) is 6.76. The van der Waals surface area contributed by atoms with Crippen LogP contribution in [0.4, 0.5) is 5.69 Å². The third kappa shape index (κ3) is 2.81. The number of carboxylic acid groups (broad SMARTS) is 1. The van der Waals surface area contributed by atoms with E-state index in [4.69, 9.17) is 5.11 Å². The maximum Gasteiger partial charge on any atom is 0.305 e. The van der Waals surface area contributed by atoms with Crippen LogP contribution in [0.15, 0.2) is 27.1 Å². The molecule has 1 aliphatic rings. The van der Waals surface area contributed by atoms with Crippen molar-refractivity contribution in [2.45, 2.75) is 12.0 Å². The molecule has 0 radical (unpaired) electrons. The summed E-state index contributed by atoms with van der Waals surface area (Å²) in [5.41, 5.74) is 0.508. The van der Waals surface area contributed by atoms with E-state index in [0.717, 1.165) is 14.6 Å². The van der Waals surface area contributed by atoms with Gasteiger partial charge in [0.25, 0.3) is 0 Å². The van der Waals surface area contributed by atoms with Gasteiger partial charge in [-0.15, -0.1) is 0 Å². The predicted octanol–water partition coefficient (Wildman–Crippen LogP) is 2.44. The maximum atomic E-state index is 10.9. The average molecular weight is 364 g/mol. The lowest BCUT2D eigenvalue weighted by Gasteiger charge is -2.43. The van der Waals surface area contributed by atoms with E-state index in [1.807, 2.05) is 18.2 Å². The first-order valence-electron chi connectivity index (χ1n) is 5.17. The Balaban J connectivity index is 2.21. The summed E-state index contributed by atoms with van der Waals surface area (Å²) in [5.74, 6) is -0.790. The molecule has 6 heteroatoms. The minimum Gasteiger partial charge on any atom is -0.481 e. The van der Waals surface area contributed by atoms with E-state index in [-0.39, 0.29) is 6.42 Å². The molecule has 0 saturated carbocycles. The van der Waals surface area contributed by atoms with E-state index in [9.17, 15) is 4.79 Å².